The number of amides is 2. The highest BCUT2D eigenvalue weighted by molar-refractivity contribution is 7.77. The van der Waals surface area contributed by atoms with E-state index in [2.05, 4.69) is 4.72 Å². The van der Waals surface area contributed by atoms with Crippen LogP contribution < -0.4 is 4.72 Å². The normalized spacial score (nSPS) is 17.3. The number of hydrogen-bond donors (Lipinski definition) is 2. The molecule has 1 aliphatic heterocycles. The van der Waals surface area contributed by atoms with Gasteiger partial charge < -0.3 is 9.80 Å². The second kappa shape index (κ2) is 11.0. The molecule has 0 radical (unpaired) electrons. The zero-order chi connectivity index (χ0) is 22.3. The first-order valence-electron chi connectivity index (χ1n) is 9.09. The van der Waals surface area contributed by atoms with Crippen molar-refractivity contribution in [2.45, 2.75) is 13.1 Å². The molecule has 1 heterocycles. The number of piperazine rings is 1. The summed E-state index contributed by atoms with van der Waals surface area (Å²) in [6.45, 7) is 1.98. The van der Waals surface area contributed by atoms with Crippen LogP contribution in [0.4, 0.5) is 13.2 Å². The molecular weight excluding hydrogens is 423 g/mol. The Labute approximate surface area is 174 Å². The summed E-state index contributed by atoms with van der Waals surface area (Å²) in [5, 5.41) is 0. The van der Waals surface area contributed by atoms with E-state index in [9.17, 15) is 27.0 Å². The van der Waals surface area contributed by atoms with E-state index in [0.29, 0.717) is 0 Å². The summed E-state index contributed by atoms with van der Waals surface area (Å²) >= 11 is -2.21. The maximum atomic E-state index is 13.4. The van der Waals surface area contributed by atoms with Crippen LogP contribution in [0, 0.1) is 11.6 Å². The van der Waals surface area contributed by atoms with Gasteiger partial charge in [-0.05, 0) is 31.2 Å². The lowest BCUT2D eigenvalue weighted by molar-refractivity contribution is -0.128. The number of carbonyl (C=O) groups is 2. The van der Waals surface area contributed by atoms with Gasteiger partial charge in [0.05, 0.1) is 0 Å². The molecule has 1 aromatic rings. The molecule has 1 fully saturated rings. The fraction of sp³-hybridized carbons (Fsp3) is 0.368. The molecular formula is C19H22F3N3O4S. The summed E-state index contributed by atoms with van der Waals surface area (Å²) in [6, 6.07) is 2.90. The molecule has 2 unspecified atom stereocenters. The van der Waals surface area contributed by atoms with Gasteiger partial charge in [0.1, 0.15) is 6.17 Å². The first-order valence-corrected chi connectivity index (χ1v) is 10.2. The van der Waals surface area contributed by atoms with Crippen LogP contribution in [0.2, 0.25) is 0 Å². The van der Waals surface area contributed by atoms with E-state index in [1.807, 2.05) is 0 Å². The van der Waals surface area contributed by atoms with Crippen molar-refractivity contribution in [1.29, 1.82) is 0 Å². The Morgan fingerprint density at radius 1 is 1.20 bits per heavy atom. The molecule has 2 amide bonds. The number of benzene rings is 1. The Morgan fingerprint density at radius 3 is 2.40 bits per heavy atom. The molecule has 0 bridgehead atoms. The van der Waals surface area contributed by atoms with E-state index in [4.69, 9.17) is 4.55 Å². The second-order valence-electron chi connectivity index (χ2n) is 6.51. The van der Waals surface area contributed by atoms with E-state index in [1.165, 1.54) is 34.9 Å². The Kier molecular flexibility index (Phi) is 8.75. The molecule has 1 saturated heterocycles. The smallest absolute Gasteiger partial charge is 0.254 e. The molecule has 0 aliphatic carbocycles. The van der Waals surface area contributed by atoms with Crippen molar-refractivity contribution in [3.05, 3.63) is 59.2 Å². The van der Waals surface area contributed by atoms with Crippen molar-refractivity contribution in [1.82, 2.24) is 14.5 Å². The van der Waals surface area contributed by atoms with E-state index in [1.54, 1.807) is 0 Å². The van der Waals surface area contributed by atoms with Crippen LogP contribution in [-0.4, -0.2) is 69.3 Å². The third-order valence-electron chi connectivity index (χ3n) is 4.30. The maximum absolute atomic E-state index is 13.4. The molecule has 1 aliphatic rings. The number of rotatable bonds is 7. The zero-order valence-corrected chi connectivity index (χ0v) is 17.0. The molecule has 2 atom stereocenters. The summed E-state index contributed by atoms with van der Waals surface area (Å²) < 4.78 is 61.3. The van der Waals surface area contributed by atoms with Gasteiger partial charge in [-0.25, -0.2) is 22.1 Å². The van der Waals surface area contributed by atoms with Crippen LogP contribution in [0.25, 0.3) is 0 Å². The standard InChI is InChI=1S/C19H22F3N3O4S/c1-13(20)11-14(3-2-6-23-30(28)29)18(26)24-7-9-25(10-8-24)19(27)15-4-5-16(21)17(22)12-15/h2-5,11-13,23H,6-10H2,1H3,(H,28,29)/b3-2-,14-11+. The first-order chi connectivity index (χ1) is 14.2. The van der Waals surface area contributed by atoms with Gasteiger partial charge >= 0.3 is 0 Å². The van der Waals surface area contributed by atoms with Gasteiger partial charge in [-0.3, -0.25) is 14.1 Å². The average Bonchev–Trinajstić information content (AvgIpc) is 2.71. The number of allylic oxidation sites excluding steroid dienone is 1. The summed E-state index contributed by atoms with van der Waals surface area (Å²) in [6.07, 6.45) is 2.53. The molecule has 11 heteroatoms. The van der Waals surface area contributed by atoms with Crippen LogP contribution in [0.5, 0.6) is 0 Å². The molecule has 1 aromatic carbocycles. The molecule has 0 aromatic heterocycles. The maximum Gasteiger partial charge on any atom is 0.254 e. The lowest BCUT2D eigenvalue weighted by atomic mass is 10.1. The fourth-order valence-corrected chi connectivity index (χ4v) is 3.10. The topological polar surface area (TPSA) is 89.9 Å². The first kappa shape index (κ1) is 23.8. The summed E-state index contributed by atoms with van der Waals surface area (Å²) in [4.78, 5) is 28.0. The van der Waals surface area contributed by atoms with Crippen molar-refractivity contribution in [3.63, 3.8) is 0 Å². The largest absolute Gasteiger partial charge is 0.335 e. The van der Waals surface area contributed by atoms with E-state index in [-0.39, 0.29) is 43.9 Å². The Bertz CT molecular complexity index is 869. The van der Waals surface area contributed by atoms with Gasteiger partial charge in [0, 0.05) is 43.9 Å². The zero-order valence-electron chi connectivity index (χ0n) is 16.2. The lowest BCUT2D eigenvalue weighted by Crippen LogP contribution is -2.50. The number of halogens is 3. The highest BCUT2D eigenvalue weighted by atomic mass is 32.2. The van der Waals surface area contributed by atoms with Crippen molar-refractivity contribution in [3.8, 4) is 0 Å². The van der Waals surface area contributed by atoms with Gasteiger partial charge in [0.2, 0.25) is 11.3 Å². The van der Waals surface area contributed by atoms with Crippen molar-refractivity contribution in [2.24, 2.45) is 0 Å². The molecule has 7 nitrogen and oxygen atoms in total. The third kappa shape index (κ3) is 6.78. The highest BCUT2D eigenvalue weighted by Crippen LogP contribution is 2.15. The minimum absolute atomic E-state index is 0.00487. The molecule has 164 valence electrons. The van der Waals surface area contributed by atoms with Crippen LogP contribution in [-0.2, 0) is 16.1 Å². The van der Waals surface area contributed by atoms with Gasteiger partial charge in [0.15, 0.2) is 11.6 Å². The van der Waals surface area contributed by atoms with Crippen LogP contribution in [0.3, 0.4) is 0 Å². The number of carbonyl (C=O) groups excluding carboxylic acids is 2. The predicted octanol–water partition coefficient (Wildman–Crippen LogP) is 1.82. The third-order valence-corrected chi connectivity index (χ3v) is 4.71. The van der Waals surface area contributed by atoms with Gasteiger partial charge in [-0.2, -0.15) is 0 Å². The monoisotopic (exact) mass is 445 g/mol. The summed E-state index contributed by atoms with van der Waals surface area (Å²) in [5.74, 6) is -3.08. The summed E-state index contributed by atoms with van der Waals surface area (Å²) in [7, 11) is 0. The number of hydrogen-bond acceptors (Lipinski definition) is 3. The van der Waals surface area contributed by atoms with Crippen molar-refractivity contribution in [2.75, 3.05) is 32.7 Å². The number of alkyl halides is 1. The molecule has 2 N–H and O–H groups in total. The number of nitrogens with zero attached hydrogens (tertiary/aromatic N) is 2. The lowest BCUT2D eigenvalue weighted by Gasteiger charge is -2.35. The SMILES string of the molecule is CC(F)/C=C(\C=C/CNS(=O)O)C(=O)N1CCN(C(=O)c2ccc(F)c(F)c2)CC1. The van der Waals surface area contributed by atoms with Crippen LogP contribution in [0.15, 0.2) is 42.0 Å². The van der Waals surface area contributed by atoms with Gasteiger partial charge in [-0.15, -0.1) is 0 Å². The van der Waals surface area contributed by atoms with E-state index < -0.39 is 40.9 Å². The summed E-state index contributed by atoms with van der Waals surface area (Å²) in [5.41, 5.74) is 0.0909. The van der Waals surface area contributed by atoms with E-state index in [0.717, 1.165) is 18.2 Å². The Balaban J connectivity index is 2.00. The predicted molar refractivity (Wildman–Crippen MR) is 105 cm³/mol. The molecule has 0 spiro atoms. The van der Waals surface area contributed by atoms with Crippen molar-refractivity contribution >= 4 is 23.1 Å². The minimum atomic E-state index is -2.21. The van der Waals surface area contributed by atoms with Crippen LogP contribution in [0.1, 0.15) is 17.3 Å². The van der Waals surface area contributed by atoms with Crippen molar-refractivity contribution < 1.29 is 31.5 Å². The second-order valence-corrected chi connectivity index (χ2v) is 7.30. The van der Waals surface area contributed by atoms with Gasteiger partial charge in [-0.1, -0.05) is 12.2 Å². The Hall–Kier alpha value is -2.50. The molecule has 0 saturated carbocycles. The average molecular weight is 445 g/mol. The minimum Gasteiger partial charge on any atom is -0.335 e. The molecule has 2 rings (SSSR count). The quantitative estimate of drug-likeness (QED) is 0.381. The fourth-order valence-electron chi connectivity index (χ4n) is 2.86. The van der Waals surface area contributed by atoms with Gasteiger partial charge in [0.25, 0.3) is 11.8 Å². The van der Waals surface area contributed by atoms with E-state index >= 15 is 0 Å². The Morgan fingerprint density at radius 2 is 1.83 bits per heavy atom. The highest BCUT2D eigenvalue weighted by Gasteiger charge is 2.26. The molecule has 30 heavy (non-hydrogen) atoms. The van der Waals surface area contributed by atoms with Crippen LogP contribution >= 0.6 is 0 Å². The number of nitrogens with one attached hydrogen (secondary N) is 1.